The van der Waals surface area contributed by atoms with Gasteiger partial charge in [0.05, 0.1) is 0 Å². The van der Waals surface area contributed by atoms with Crippen LogP contribution in [-0.4, -0.2) is 13.2 Å². The highest BCUT2D eigenvalue weighted by Gasteiger charge is 2.13. The highest BCUT2D eigenvalue weighted by Crippen LogP contribution is 2.24. The summed E-state index contributed by atoms with van der Waals surface area (Å²) in [6.07, 6.45) is 0.723. The van der Waals surface area contributed by atoms with Gasteiger partial charge in [0.2, 0.25) is 0 Å². The molecule has 0 aliphatic heterocycles. The van der Waals surface area contributed by atoms with Gasteiger partial charge in [-0.2, -0.15) is 0 Å². The predicted molar refractivity (Wildman–Crippen MR) is 77.8 cm³/mol. The average Bonchev–Trinajstić information content (AvgIpc) is 2.37. The van der Waals surface area contributed by atoms with Crippen LogP contribution in [0.15, 0.2) is 24.3 Å². The van der Waals surface area contributed by atoms with Crippen LogP contribution >= 0.6 is 0 Å². The zero-order valence-electron chi connectivity index (χ0n) is 12.4. The van der Waals surface area contributed by atoms with Crippen molar-refractivity contribution in [3.05, 3.63) is 41.5 Å². The molecule has 0 aromatic heterocycles. The third-order valence-electron chi connectivity index (χ3n) is 2.86. The minimum atomic E-state index is -0.671. The van der Waals surface area contributed by atoms with Gasteiger partial charge in [-0.1, -0.05) is 27.4 Å². The number of hydrogen-bond donors (Lipinski definition) is 1. The monoisotopic (exact) mass is 283 g/mol. The molecular weight excluding hydrogens is 260 g/mol. The summed E-state index contributed by atoms with van der Waals surface area (Å²) in [4.78, 5) is 0. The van der Waals surface area contributed by atoms with Gasteiger partial charge in [-0.05, 0) is 42.2 Å². The summed E-state index contributed by atoms with van der Waals surface area (Å²) in [5.74, 6) is -1.18. The van der Waals surface area contributed by atoms with E-state index in [-0.39, 0.29) is 12.4 Å². The van der Waals surface area contributed by atoms with Crippen LogP contribution < -0.4 is 10.1 Å². The standard InChI is InChI=1S/C16H23F2NO/c1-5-12(4)10-20-16-14(17)6-13(7-15(16)18)9-19-8-11(2)3/h6-7,11,19H,4-5,8-10H2,1-3H3. The molecule has 1 N–H and O–H groups in total. The first-order valence-corrected chi connectivity index (χ1v) is 6.92. The van der Waals surface area contributed by atoms with Crippen LogP contribution in [0, 0.1) is 17.6 Å². The fourth-order valence-corrected chi connectivity index (χ4v) is 1.63. The molecule has 1 aromatic rings. The van der Waals surface area contributed by atoms with Gasteiger partial charge >= 0.3 is 0 Å². The molecule has 0 radical (unpaired) electrons. The van der Waals surface area contributed by atoms with Crippen LogP contribution in [0.1, 0.15) is 32.8 Å². The second kappa shape index (κ2) is 8.00. The van der Waals surface area contributed by atoms with Gasteiger partial charge in [-0.3, -0.25) is 0 Å². The lowest BCUT2D eigenvalue weighted by atomic mass is 10.1. The Morgan fingerprint density at radius 2 is 1.90 bits per heavy atom. The van der Waals surface area contributed by atoms with E-state index in [9.17, 15) is 8.78 Å². The zero-order chi connectivity index (χ0) is 15.1. The number of rotatable bonds is 8. The number of benzene rings is 1. The Balaban J connectivity index is 2.68. The minimum absolute atomic E-state index is 0.134. The molecule has 0 saturated heterocycles. The topological polar surface area (TPSA) is 21.3 Å². The molecule has 0 aliphatic carbocycles. The molecule has 0 heterocycles. The van der Waals surface area contributed by atoms with Crippen molar-refractivity contribution in [2.45, 2.75) is 33.7 Å². The molecule has 1 rings (SSSR count). The van der Waals surface area contributed by atoms with Gasteiger partial charge in [-0.15, -0.1) is 0 Å². The van der Waals surface area contributed by atoms with Crippen LogP contribution in [0.25, 0.3) is 0 Å². The van der Waals surface area contributed by atoms with E-state index in [1.807, 2.05) is 6.92 Å². The molecule has 4 heteroatoms. The summed E-state index contributed by atoms with van der Waals surface area (Å²) in [6.45, 7) is 11.2. The van der Waals surface area contributed by atoms with Crippen molar-refractivity contribution >= 4 is 0 Å². The lowest BCUT2D eigenvalue weighted by Gasteiger charge is -2.12. The first-order valence-electron chi connectivity index (χ1n) is 6.92. The first-order chi connectivity index (χ1) is 9.43. The highest BCUT2D eigenvalue weighted by molar-refractivity contribution is 5.31. The van der Waals surface area contributed by atoms with E-state index in [2.05, 4.69) is 25.7 Å². The van der Waals surface area contributed by atoms with Gasteiger partial charge in [0.1, 0.15) is 6.61 Å². The molecule has 0 unspecified atom stereocenters. The Morgan fingerprint density at radius 3 is 2.40 bits per heavy atom. The first kappa shape index (κ1) is 16.6. The normalized spacial score (nSPS) is 10.9. The van der Waals surface area contributed by atoms with Crippen molar-refractivity contribution in [2.24, 2.45) is 5.92 Å². The maximum Gasteiger partial charge on any atom is 0.191 e. The van der Waals surface area contributed by atoms with Crippen LogP contribution in [-0.2, 0) is 6.54 Å². The van der Waals surface area contributed by atoms with Gasteiger partial charge in [0.25, 0.3) is 0 Å². The fraction of sp³-hybridized carbons (Fsp3) is 0.500. The lowest BCUT2D eigenvalue weighted by molar-refractivity contribution is 0.309. The maximum atomic E-state index is 13.8. The van der Waals surface area contributed by atoms with Crippen LogP contribution in [0.3, 0.4) is 0 Å². The van der Waals surface area contributed by atoms with E-state index in [0.29, 0.717) is 18.0 Å². The Labute approximate surface area is 119 Å². The number of ether oxygens (including phenoxy) is 1. The Hall–Kier alpha value is -1.42. The molecular formula is C16H23F2NO. The molecule has 1 aromatic carbocycles. The second-order valence-electron chi connectivity index (χ2n) is 5.31. The minimum Gasteiger partial charge on any atom is -0.483 e. The molecule has 0 fully saturated rings. The molecule has 20 heavy (non-hydrogen) atoms. The number of nitrogens with one attached hydrogen (secondary N) is 1. The van der Waals surface area contributed by atoms with E-state index in [1.165, 1.54) is 12.1 Å². The van der Waals surface area contributed by atoms with Crippen LogP contribution in [0.5, 0.6) is 5.75 Å². The molecule has 0 bridgehead atoms. The Morgan fingerprint density at radius 1 is 1.30 bits per heavy atom. The fourth-order valence-electron chi connectivity index (χ4n) is 1.63. The van der Waals surface area contributed by atoms with Gasteiger partial charge in [0.15, 0.2) is 17.4 Å². The number of halogens is 2. The second-order valence-corrected chi connectivity index (χ2v) is 5.31. The summed E-state index contributed by atoms with van der Waals surface area (Å²) in [6, 6.07) is 2.61. The quantitative estimate of drug-likeness (QED) is 0.727. The van der Waals surface area contributed by atoms with E-state index in [1.54, 1.807) is 0 Å². The van der Waals surface area contributed by atoms with Crippen molar-refractivity contribution in [2.75, 3.05) is 13.2 Å². The van der Waals surface area contributed by atoms with E-state index >= 15 is 0 Å². The summed E-state index contributed by atoms with van der Waals surface area (Å²) in [5.41, 5.74) is 1.37. The molecule has 0 spiro atoms. The molecule has 112 valence electrons. The van der Waals surface area contributed by atoms with E-state index in [0.717, 1.165) is 18.5 Å². The zero-order valence-corrected chi connectivity index (χ0v) is 12.4. The Kier molecular flexibility index (Phi) is 6.65. The maximum absolute atomic E-state index is 13.8. The summed E-state index contributed by atoms with van der Waals surface area (Å²) >= 11 is 0. The molecule has 0 atom stereocenters. The van der Waals surface area contributed by atoms with Crippen molar-refractivity contribution in [3.8, 4) is 5.75 Å². The third kappa shape index (κ3) is 5.29. The molecule has 0 aliphatic rings. The number of hydrogen-bond acceptors (Lipinski definition) is 2. The highest BCUT2D eigenvalue weighted by atomic mass is 19.1. The molecule has 2 nitrogen and oxygen atoms in total. The van der Waals surface area contributed by atoms with Crippen LogP contribution in [0.2, 0.25) is 0 Å². The Bertz CT molecular complexity index is 435. The van der Waals surface area contributed by atoms with Crippen LogP contribution in [0.4, 0.5) is 8.78 Å². The summed E-state index contributed by atoms with van der Waals surface area (Å²) in [7, 11) is 0. The van der Waals surface area contributed by atoms with E-state index in [4.69, 9.17) is 4.74 Å². The van der Waals surface area contributed by atoms with E-state index < -0.39 is 11.6 Å². The predicted octanol–water partition coefficient (Wildman–Crippen LogP) is 4.06. The SMILES string of the molecule is C=C(CC)COc1c(F)cc(CNCC(C)C)cc1F. The van der Waals surface area contributed by atoms with Gasteiger partial charge in [-0.25, -0.2) is 8.78 Å². The van der Waals surface area contributed by atoms with Crippen molar-refractivity contribution in [3.63, 3.8) is 0 Å². The smallest absolute Gasteiger partial charge is 0.191 e. The van der Waals surface area contributed by atoms with Crippen molar-refractivity contribution in [1.29, 1.82) is 0 Å². The van der Waals surface area contributed by atoms with Gasteiger partial charge < -0.3 is 10.1 Å². The average molecular weight is 283 g/mol. The molecule has 0 saturated carbocycles. The van der Waals surface area contributed by atoms with Crippen molar-refractivity contribution < 1.29 is 13.5 Å². The summed E-state index contributed by atoms with van der Waals surface area (Å²) < 4.78 is 32.8. The third-order valence-corrected chi connectivity index (χ3v) is 2.86. The lowest BCUT2D eigenvalue weighted by Crippen LogP contribution is -2.19. The van der Waals surface area contributed by atoms with Crippen molar-refractivity contribution in [1.82, 2.24) is 5.32 Å². The van der Waals surface area contributed by atoms with Gasteiger partial charge in [0, 0.05) is 6.54 Å². The summed E-state index contributed by atoms with van der Waals surface area (Å²) in [5, 5.41) is 3.15. The molecule has 0 amide bonds. The largest absolute Gasteiger partial charge is 0.483 e.